The predicted octanol–water partition coefficient (Wildman–Crippen LogP) is 2.72. The molecule has 26 heavy (non-hydrogen) atoms. The zero-order valence-corrected chi connectivity index (χ0v) is 14.8. The van der Waals surface area contributed by atoms with Gasteiger partial charge >= 0.3 is 0 Å². The maximum Gasteiger partial charge on any atom is 0.231 e. The van der Waals surface area contributed by atoms with Gasteiger partial charge in [-0.05, 0) is 42.7 Å². The Labute approximate surface area is 151 Å². The first kappa shape index (κ1) is 17.6. The van der Waals surface area contributed by atoms with E-state index in [9.17, 15) is 4.79 Å². The quantitative estimate of drug-likeness (QED) is 0.580. The molecule has 1 amide bonds. The van der Waals surface area contributed by atoms with E-state index in [1.807, 2.05) is 36.4 Å². The highest BCUT2D eigenvalue weighted by Crippen LogP contribution is 2.23. The molecule has 0 saturated carbocycles. The number of ether oxygens (including phenoxy) is 2. The highest BCUT2D eigenvalue weighted by molar-refractivity contribution is 5.91. The van der Waals surface area contributed by atoms with Gasteiger partial charge in [-0.2, -0.15) is 5.10 Å². The number of benzene rings is 1. The zero-order valence-electron chi connectivity index (χ0n) is 14.8. The Morgan fingerprint density at radius 2 is 1.85 bits per heavy atom. The van der Waals surface area contributed by atoms with Crippen LogP contribution in [0, 0.1) is 0 Å². The molecule has 0 saturated heterocycles. The lowest BCUT2D eigenvalue weighted by atomic mass is 10.1. The third-order valence-electron chi connectivity index (χ3n) is 4.01. The molecule has 0 bridgehead atoms. The Morgan fingerprint density at radius 1 is 1.08 bits per heavy atom. The van der Waals surface area contributed by atoms with E-state index in [2.05, 4.69) is 20.5 Å². The lowest BCUT2D eigenvalue weighted by Crippen LogP contribution is -2.14. The number of aromatic amines is 2. The number of methoxy groups -OCH3 is 2. The smallest absolute Gasteiger partial charge is 0.231 e. The molecule has 0 unspecified atom stereocenters. The summed E-state index contributed by atoms with van der Waals surface area (Å²) >= 11 is 0. The number of rotatable bonds is 8. The van der Waals surface area contributed by atoms with Gasteiger partial charge in [-0.15, -0.1) is 0 Å². The predicted molar refractivity (Wildman–Crippen MR) is 98.7 cm³/mol. The Balaban J connectivity index is 1.56. The van der Waals surface area contributed by atoms with Gasteiger partial charge < -0.3 is 19.8 Å². The van der Waals surface area contributed by atoms with Gasteiger partial charge in [0.25, 0.3) is 0 Å². The molecule has 0 atom stereocenters. The molecule has 3 N–H and O–H groups in total. The number of H-pyrrole nitrogens is 2. The van der Waals surface area contributed by atoms with Crippen LogP contribution in [0.4, 0.5) is 5.82 Å². The van der Waals surface area contributed by atoms with Crippen LogP contribution in [-0.2, 0) is 24.1 Å². The second-order valence-electron chi connectivity index (χ2n) is 5.92. The molecule has 7 nitrogen and oxygen atoms in total. The number of hydrogen-bond donors (Lipinski definition) is 3. The van der Waals surface area contributed by atoms with E-state index in [1.165, 1.54) is 0 Å². The normalized spacial score (nSPS) is 10.5. The fraction of sp³-hybridized carbons (Fsp3) is 0.263. The number of carbonyl (C=O) groups excluding carboxylic acids is 1. The summed E-state index contributed by atoms with van der Waals surface area (Å²) in [5.41, 5.74) is 2.92. The van der Waals surface area contributed by atoms with Crippen molar-refractivity contribution in [3.05, 3.63) is 59.5 Å². The molecule has 0 spiro atoms. The van der Waals surface area contributed by atoms with E-state index in [1.54, 1.807) is 20.4 Å². The van der Waals surface area contributed by atoms with Crippen molar-refractivity contribution in [3.8, 4) is 11.5 Å². The third kappa shape index (κ3) is 4.66. The monoisotopic (exact) mass is 354 g/mol. The molecule has 2 aromatic heterocycles. The fourth-order valence-corrected chi connectivity index (χ4v) is 2.68. The number of carbonyl (C=O) groups is 1. The number of amides is 1. The van der Waals surface area contributed by atoms with Crippen LogP contribution in [0.5, 0.6) is 11.5 Å². The molecule has 7 heteroatoms. The van der Waals surface area contributed by atoms with Crippen molar-refractivity contribution in [1.82, 2.24) is 15.2 Å². The number of aryl methyl sites for hydroxylation is 2. The first-order valence-corrected chi connectivity index (χ1v) is 8.34. The van der Waals surface area contributed by atoms with E-state index in [-0.39, 0.29) is 5.91 Å². The van der Waals surface area contributed by atoms with Crippen molar-refractivity contribution in [2.75, 3.05) is 19.5 Å². The minimum Gasteiger partial charge on any atom is -0.497 e. The standard InChI is InChI=1S/C19H22N4O3/c1-25-16-8-13(9-17(12-16)26-2)5-6-15-10-18(23-22-15)21-19(24)11-14-4-3-7-20-14/h3-4,7-10,12,20H,5-6,11H2,1-2H3,(H2,21,22,23,24). The third-order valence-corrected chi connectivity index (χ3v) is 4.01. The molecular formula is C19H22N4O3. The Morgan fingerprint density at radius 3 is 2.50 bits per heavy atom. The summed E-state index contributed by atoms with van der Waals surface area (Å²) in [7, 11) is 3.27. The average Bonchev–Trinajstić information content (AvgIpc) is 3.31. The molecule has 0 radical (unpaired) electrons. The molecular weight excluding hydrogens is 332 g/mol. The Bertz CT molecular complexity index is 833. The summed E-state index contributed by atoms with van der Waals surface area (Å²) in [5, 5.41) is 9.91. The van der Waals surface area contributed by atoms with Gasteiger partial charge in [0.15, 0.2) is 5.82 Å². The first-order valence-electron chi connectivity index (χ1n) is 8.34. The molecule has 0 aliphatic heterocycles. The average molecular weight is 354 g/mol. The van der Waals surface area contributed by atoms with E-state index < -0.39 is 0 Å². The Hall–Kier alpha value is -3.22. The molecule has 3 aromatic rings. The second kappa shape index (κ2) is 8.24. The summed E-state index contributed by atoms with van der Waals surface area (Å²) in [6.45, 7) is 0. The number of nitrogens with one attached hydrogen (secondary N) is 3. The van der Waals surface area contributed by atoms with Gasteiger partial charge in [-0.25, -0.2) is 0 Å². The lowest BCUT2D eigenvalue weighted by molar-refractivity contribution is -0.115. The van der Waals surface area contributed by atoms with Crippen LogP contribution in [0.2, 0.25) is 0 Å². The summed E-state index contributed by atoms with van der Waals surface area (Å²) in [5.74, 6) is 1.95. The van der Waals surface area contributed by atoms with Gasteiger partial charge in [-0.3, -0.25) is 9.89 Å². The molecule has 136 valence electrons. The first-order chi connectivity index (χ1) is 12.7. The number of hydrogen-bond acceptors (Lipinski definition) is 4. The SMILES string of the molecule is COc1cc(CCc2cc(NC(=O)Cc3ccc[nH]3)n[nH]2)cc(OC)c1. The second-order valence-corrected chi connectivity index (χ2v) is 5.92. The molecule has 0 fully saturated rings. The summed E-state index contributed by atoms with van der Waals surface area (Å²) < 4.78 is 10.6. The van der Waals surface area contributed by atoms with Crippen LogP contribution in [0.1, 0.15) is 17.0 Å². The van der Waals surface area contributed by atoms with Crippen LogP contribution in [0.3, 0.4) is 0 Å². The van der Waals surface area contributed by atoms with Crippen molar-refractivity contribution < 1.29 is 14.3 Å². The van der Waals surface area contributed by atoms with Gasteiger partial charge in [0.05, 0.1) is 20.6 Å². The van der Waals surface area contributed by atoms with E-state index >= 15 is 0 Å². The minimum atomic E-state index is -0.108. The van der Waals surface area contributed by atoms with Gasteiger partial charge in [-0.1, -0.05) is 0 Å². The lowest BCUT2D eigenvalue weighted by Gasteiger charge is -2.08. The maximum absolute atomic E-state index is 12.0. The van der Waals surface area contributed by atoms with Crippen LogP contribution in [0.15, 0.2) is 42.6 Å². The van der Waals surface area contributed by atoms with E-state index in [0.717, 1.165) is 41.3 Å². The molecule has 1 aromatic carbocycles. The van der Waals surface area contributed by atoms with Crippen LogP contribution in [-0.4, -0.2) is 35.3 Å². The van der Waals surface area contributed by atoms with Crippen molar-refractivity contribution in [3.63, 3.8) is 0 Å². The molecule has 2 heterocycles. The molecule has 3 rings (SSSR count). The fourth-order valence-electron chi connectivity index (χ4n) is 2.68. The van der Waals surface area contributed by atoms with Crippen molar-refractivity contribution in [2.24, 2.45) is 0 Å². The zero-order chi connectivity index (χ0) is 18.4. The molecule has 0 aliphatic carbocycles. The van der Waals surface area contributed by atoms with Crippen molar-refractivity contribution in [1.29, 1.82) is 0 Å². The van der Waals surface area contributed by atoms with Crippen molar-refractivity contribution in [2.45, 2.75) is 19.3 Å². The highest BCUT2D eigenvalue weighted by Gasteiger charge is 2.08. The minimum absolute atomic E-state index is 0.108. The van der Waals surface area contributed by atoms with Gasteiger partial charge in [0, 0.05) is 29.7 Å². The topological polar surface area (TPSA) is 92.0 Å². The maximum atomic E-state index is 12.0. The van der Waals surface area contributed by atoms with E-state index in [4.69, 9.17) is 9.47 Å². The van der Waals surface area contributed by atoms with Gasteiger partial charge in [0.2, 0.25) is 5.91 Å². The number of nitrogens with zero attached hydrogens (tertiary/aromatic N) is 1. The summed E-state index contributed by atoms with van der Waals surface area (Å²) in [4.78, 5) is 15.0. The number of aromatic nitrogens is 3. The van der Waals surface area contributed by atoms with Gasteiger partial charge in [0.1, 0.15) is 11.5 Å². The van der Waals surface area contributed by atoms with E-state index in [0.29, 0.717) is 12.2 Å². The molecule has 0 aliphatic rings. The Kier molecular flexibility index (Phi) is 5.58. The summed E-state index contributed by atoms with van der Waals surface area (Å²) in [6, 6.07) is 11.4. The largest absolute Gasteiger partial charge is 0.497 e. The van der Waals surface area contributed by atoms with Crippen LogP contribution < -0.4 is 14.8 Å². The van der Waals surface area contributed by atoms with Crippen LogP contribution >= 0.6 is 0 Å². The van der Waals surface area contributed by atoms with Crippen LogP contribution in [0.25, 0.3) is 0 Å². The highest BCUT2D eigenvalue weighted by atomic mass is 16.5. The van der Waals surface area contributed by atoms with Crippen molar-refractivity contribution >= 4 is 11.7 Å². The number of anilines is 1. The summed E-state index contributed by atoms with van der Waals surface area (Å²) in [6.07, 6.45) is 3.64.